The van der Waals surface area contributed by atoms with Crippen molar-refractivity contribution in [2.24, 2.45) is 0 Å². The molecule has 2 nitrogen and oxygen atoms in total. The van der Waals surface area contributed by atoms with Crippen LogP contribution >= 0.6 is 24.2 Å². The molecule has 0 unspecified atom stereocenters. The van der Waals surface area contributed by atoms with E-state index in [-0.39, 0.29) is 0 Å². The third kappa shape index (κ3) is 5.85. The van der Waals surface area contributed by atoms with Crippen molar-refractivity contribution in [1.82, 2.24) is 9.21 Å². The number of hydrogen-bond donors (Lipinski definition) is 0. The van der Waals surface area contributed by atoms with E-state index in [0.29, 0.717) is 0 Å². The quantitative estimate of drug-likeness (QED) is 0.394. The molecule has 4 heteroatoms. The van der Waals surface area contributed by atoms with Crippen LogP contribution in [0.25, 0.3) is 0 Å². The lowest BCUT2D eigenvalue weighted by Gasteiger charge is -2.23. The van der Waals surface area contributed by atoms with Gasteiger partial charge in [0.15, 0.2) is 4.32 Å². The topological polar surface area (TPSA) is 6.48 Å². The van der Waals surface area contributed by atoms with Crippen LogP contribution in [0.2, 0.25) is 0 Å². The van der Waals surface area contributed by atoms with Gasteiger partial charge in [-0.2, -0.15) is 0 Å². The van der Waals surface area contributed by atoms with E-state index in [0.717, 1.165) is 17.4 Å². The summed E-state index contributed by atoms with van der Waals surface area (Å²) in [6.45, 7) is 8.91. The molecule has 74 valence electrons. The molecule has 0 aliphatic heterocycles. The number of rotatable bonds is 5. The summed E-state index contributed by atoms with van der Waals surface area (Å²) in [6, 6.07) is 0. The molecular weight excluding hydrogens is 200 g/mol. The van der Waals surface area contributed by atoms with Crippen LogP contribution < -0.4 is 0 Å². The second kappa shape index (κ2) is 7.12. The van der Waals surface area contributed by atoms with E-state index < -0.39 is 0 Å². The summed E-state index contributed by atoms with van der Waals surface area (Å²) in [5.41, 5.74) is 0. The van der Waals surface area contributed by atoms with Crippen molar-refractivity contribution in [3.05, 3.63) is 25.3 Å². The molecule has 0 atom stereocenters. The minimum Gasteiger partial charge on any atom is -0.349 e. The molecule has 0 aromatic rings. The van der Waals surface area contributed by atoms with Gasteiger partial charge in [0.2, 0.25) is 0 Å². The standard InChI is InChI=1S/C9H16N2S2/c1-5-7-11(8-6-2)9(12)13-10(3)4/h5-6H,1-2,7-8H2,3-4H3. The molecule has 0 N–H and O–H groups in total. The first kappa shape index (κ1) is 12.7. The largest absolute Gasteiger partial charge is 0.349 e. The molecule has 0 saturated heterocycles. The average Bonchev–Trinajstić information content (AvgIpc) is 2.02. The van der Waals surface area contributed by atoms with Crippen LogP contribution in [0.1, 0.15) is 0 Å². The smallest absolute Gasteiger partial charge is 0.152 e. The fraction of sp³-hybridized carbons (Fsp3) is 0.444. The summed E-state index contributed by atoms with van der Waals surface area (Å²) >= 11 is 6.77. The molecule has 0 aromatic heterocycles. The Balaban J connectivity index is 4.09. The first-order chi connectivity index (χ1) is 6.11. The summed E-state index contributed by atoms with van der Waals surface area (Å²) in [7, 11) is 3.94. The minimum absolute atomic E-state index is 0.770. The molecule has 0 rings (SSSR count). The number of hydrogen-bond acceptors (Lipinski definition) is 3. The second-order valence-corrected chi connectivity index (χ2v) is 4.60. The average molecular weight is 216 g/mol. The third-order valence-corrected chi connectivity index (χ3v) is 2.48. The molecule has 0 fully saturated rings. The molecule has 13 heavy (non-hydrogen) atoms. The maximum absolute atomic E-state index is 5.23. The van der Waals surface area contributed by atoms with Gasteiger partial charge in [-0.25, -0.2) is 0 Å². The van der Waals surface area contributed by atoms with Crippen LogP contribution in [0.3, 0.4) is 0 Å². The van der Waals surface area contributed by atoms with Crippen LogP contribution in [0.5, 0.6) is 0 Å². The van der Waals surface area contributed by atoms with Crippen molar-refractivity contribution >= 4 is 28.5 Å². The van der Waals surface area contributed by atoms with Crippen LogP contribution in [-0.4, -0.2) is 40.7 Å². The molecular formula is C9H16N2S2. The van der Waals surface area contributed by atoms with Gasteiger partial charge in [-0.3, -0.25) is 4.31 Å². The van der Waals surface area contributed by atoms with E-state index in [1.807, 2.05) is 35.5 Å². The zero-order chi connectivity index (χ0) is 10.3. The number of nitrogens with zero attached hydrogens (tertiary/aromatic N) is 2. The van der Waals surface area contributed by atoms with Gasteiger partial charge in [0.05, 0.1) is 0 Å². The Morgan fingerprint density at radius 3 is 2.08 bits per heavy atom. The molecule has 0 heterocycles. The number of thiocarbonyl (C=S) groups is 1. The molecule has 0 amide bonds. The predicted molar refractivity (Wildman–Crippen MR) is 65.8 cm³/mol. The first-order valence-corrected chi connectivity index (χ1v) is 5.16. The Morgan fingerprint density at radius 2 is 1.77 bits per heavy atom. The van der Waals surface area contributed by atoms with Crippen LogP contribution in [0, 0.1) is 0 Å². The summed E-state index contributed by atoms with van der Waals surface area (Å²) in [5, 5.41) is 0. The zero-order valence-corrected chi connectivity index (χ0v) is 9.83. The Hall–Kier alpha value is -0.320. The lowest BCUT2D eigenvalue weighted by Crippen LogP contribution is -2.29. The first-order valence-electron chi connectivity index (χ1n) is 3.97. The molecule has 0 aliphatic carbocycles. The Kier molecular flexibility index (Phi) is 6.94. The third-order valence-electron chi connectivity index (χ3n) is 1.22. The normalized spacial score (nSPS) is 9.77. The summed E-state index contributed by atoms with van der Waals surface area (Å²) in [5.74, 6) is 0. The molecule has 0 aromatic carbocycles. The zero-order valence-electron chi connectivity index (χ0n) is 8.19. The lowest BCUT2D eigenvalue weighted by molar-refractivity contribution is 0.531. The van der Waals surface area contributed by atoms with Crippen LogP contribution in [0.15, 0.2) is 25.3 Å². The van der Waals surface area contributed by atoms with Crippen molar-refractivity contribution in [1.29, 1.82) is 0 Å². The van der Waals surface area contributed by atoms with Gasteiger partial charge in [0, 0.05) is 13.1 Å². The van der Waals surface area contributed by atoms with Crippen LogP contribution in [-0.2, 0) is 0 Å². The minimum atomic E-state index is 0.770. The summed E-state index contributed by atoms with van der Waals surface area (Å²) < 4.78 is 2.83. The maximum Gasteiger partial charge on any atom is 0.152 e. The lowest BCUT2D eigenvalue weighted by atomic mass is 10.5. The van der Waals surface area contributed by atoms with E-state index in [4.69, 9.17) is 12.2 Å². The Morgan fingerprint density at radius 1 is 1.31 bits per heavy atom. The van der Waals surface area contributed by atoms with Crippen molar-refractivity contribution in [2.75, 3.05) is 27.2 Å². The molecule has 0 saturated carbocycles. The van der Waals surface area contributed by atoms with Gasteiger partial charge in [-0.1, -0.05) is 24.4 Å². The van der Waals surface area contributed by atoms with Crippen molar-refractivity contribution in [2.45, 2.75) is 0 Å². The van der Waals surface area contributed by atoms with Gasteiger partial charge in [0.25, 0.3) is 0 Å². The van der Waals surface area contributed by atoms with Gasteiger partial charge >= 0.3 is 0 Å². The SMILES string of the molecule is C=CCN(CC=C)C(=S)SN(C)C. The molecule has 0 spiro atoms. The fourth-order valence-corrected chi connectivity index (χ4v) is 1.92. The van der Waals surface area contributed by atoms with Gasteiger partial charge in [-0.15, -0.1) is 13.2 Å². The maximum atomic E-state index is 5.23. The van der Waals surface area contributed by atoms with Crippen LogP contribution in [0.4, 0.5) is 0 Å². The van der Waals surface area contributed by atoms with E-state index in [2.05, 4.69) is 13.2 Å². The van der Waals surface area contributed by atoms with Gasteiger partial charge in [-0.05, 0) is 26.0 Å². The van der Waals surface area contributed by atoms with E-state index in [1.54, 1.807) is 0 Å². The Bertz CT molecular complexity index is 180. The summed E-state index contributed by atoms with van der Waals surface area (Å²) in [4.78, 5) is 2.04. The molecule has 0 radical (unpaired) electrons. The Labute approximate surface area is 90.4 Å². The highest BCUT2D eigenvalue weighted by atomic mass is 32.2. The van der Waals surface area contributed by atoms with Gasteiger partial charge < -0.3 is 4.90 Å². The van der Waals surface area contributed by atoms with Gasteiger partial charge in [0.1, 0.15) is 0 Å². The van der Waals surface area contributed by atoms with E-state index in [1.165, 1.54) is 11.9 Å². The fourth-order valence-electron chi connectivity index (χ4n) is 0.749. The molecule has 0 aliphatic rings. The predicted octanol–water partition coefficient (Wildman–Crippen LogP) is 2.16. The highest BCUT2D eigenvalue weighted by Gasteiger charge is 2.07. The summed E-state index contributed by atoms with van der Waals surface area (Å²) in [6.07, 6.45) is 3.68. The van der Waals surface area contributed by atoms with E-state index >= 15 is 0 Å². The second-order valence-electron chi connectivity index (χ2n) is 2.65. The highest BCUT2D eigenvalue weighted by molar-refractivity contribution is 8.21. The molecule has 0 bridgehead atoms. The highest BCUT2D eigenvalue weighted by Crippen LogP contribution is 2.11. The monoisotopic (exact) mass is 216 g/mol. The van der Waals surface area contributed by atoms with Crippen molar-refractivity contribution in [3.8, 4) is 0 Å². The van der Waals surface area contributed by atoms with Crippen molar-refractivity contribution < 1.29 is 0 Å². The van der Waals surface area contributed by atoms with Crippen molar-refractivity contribution in [3.63, 3.8) is 0 Å². The van der Waals surface area contributed by atoms with E-state index in [9.17, 15) is 0 Å².